The predicted molar refractivity (Wildman–Crippen MR) is 76.9 cm³/mol. The first-order chi connectivity index (χ1) is 9.10. The monoisotopic (exact) mass is 316 g/mol. The highest BCUT2D eigenvalue weighted by atomic mass is 79.9. The van der Waals surface area contributed by atoms with Crippen molar-refractivity contribution in [2.24, 2.45) is 23.2 Å². The predicted octanol–water partition coefficient (Wildman–Crippen LogP) is 4.46. The minimum Gasteiger partial charge on any atom is -0.192 e. The standard InChI is InChI=1S/C16H17BrN2/c1-16-5-4-11-2-3-13(11)14(16)7-12(15(16)17)6-10(8-18)9-19/h6,11,13-14H,2-5,7H2,1H3/t11?,13?,14?,16-/m0/s1. The first-order valence-corrected chi connectivity index (χ1v) is 7.80. The van der Waals surface area contributed by atoms with Crippen molar-refractivity contribution in [3.8, 4) is 12.1 Å². The van der Waals surface area contributed by atoms with Crippen LogP contribution in [0.25, 0.3) is 0 Å². The van der Waals surface area contributed by atoms with Gasteiger partial charge in [0.05, 0.1) is 0 Å². The molecular weight excluding hydrogens is 300 g/mol. The van der Waals surface area contributed by atoms with E-state index in [-0.39, 0.29) is 11.0 Å². The Labute approximate surface area is 122 Å². The van der Waals surface area contributed by atoms with E-state index in [1.54, 1.807) is 6.08 Å². The molecular formula is C16H17BrN2. The van der Waals surface area contributed by atoms with E-state index in [2.05, 4.69) is 22.9 Å². The number of hydrogen-bond acceptors (Lipinski definition) is 2. The van der Waals surface area contributed by atoms with Crippen LogP contribution in [0.1, 0.15) is 39.0 Å². The summed E-state index contributed by atoms with van der Waals surface area (Å²) in [6.45, 7) is 2.36. The fraction of sp³-hybridized carbons (Fsp3) is 0.625. The van der Waals surface area contributed by atoms with Crippen molar-refractivity contribution in [2.45, 2.75) is 39.0 Å². The van der Waals surface area contributed by atoms with Crippen molar-refractivity contribution in [3.63, 3.8) is 0 Å². The van der Waals surface area contributed by atoms with E-state index >= 15 is 0 Å². The molecule has 3 unspecified atom stereocenters. The summed E-state index contributed by atoms with van der Waals surface area (Å²) in [6.07, 6.45) is 8.18. The molecule has 0 aromatic carbocycles. The van der Waals surface area contributed by atoms with E-state index in [0.717, 1.165) is 18.3 Å². The maximum Gasteiger partial charge on any atom is 0.129 e. The molecule has 0 spiro atoms. The maximum atomic E-state index is 8.92. The second-order valence-corrected chi connectivity index (χ2v) is 7.18. The summed E-state index contributed by atoms with van der Waals surface area (Å²) in [4.78, 5) is 0. The summed E-state index contributed by atoms with van der Waals surface area (Å²) >= 11 is 3.78. The molecule has 0 radical (unpaired) electrons. The van der Waals surface area contributed by atoms with Crippen LogP contribution in [-0.2, 0) is 0 Å². The third-order valence-corrected chi connectivity index (χ3v) is 7.04. The van der Waals surface area contributed by atoms with Crippen LogP contribution in [0.2, 0.25) is 0 Å². The third-order valence-electron chi connectivity index (χ3n) is 5.63. The largest absolute Gasteiger partial charge is 0.192 e. The van der Waals surface area contributed by atoms with Gasteiger partial charge in [-0.1, -0.05) is 22.9 Å². The number of nitriles is 2. The molecule has 2 fully saturated rings. The van der Waals surface area contributed by atoms with Gasteiger partial charge in [-0.25, -0.2) is 0 Å². The quantitative estimate of drug-likeness (QED) is 0.671. The zero-order valence-electron chi connectivity index (χ0n) is 11.1. The smallest absolute Gasteiger partial charge is 0.129 e. The Kier molecular flexibility index (Phi) is 3.06. The van der Waals surface area contributed by atoms with E-state index in [1.807, 2.05) is 12.1 Å². The molecule has 4 atom stereocenters. The Morgan fingerprint density at radius 2 is 2.05 bits per heavy atom. The minimum atomic E-state index is 0.222. The van der Waals surface area contributed by atoms with Crippen molar-refractivity contribution in [1.82, 2.24) is 0 Å². The van der Waals surface area contributed by atoms with Crippen molar-refractivity contribution in [3.05, 3.63) is 21.7 Å². The molecule has 0 N–H and O–H groups in total. The highest BCUT2D eigenvalue weighted by Crippen LogP contribution is 2.64. The van der Waals surface area contributed by atoms with Crippen LogP contribution in [0, 0.1) is 45.8 Å². The van der Waals surface area contributed by atoms with Gasteiger partial charge < -0.3 is 0 Å². The molecule has 2 nitrogen and oxygen atoms in total. The molecule has 0 bridgehead atoms. The number of fused-ring (bicyclic) bond motifs is 3. The first-order valence-electron chi connectivity index (χ1n) is 7.01. The van der Waals surface area contributed by atoms with Crippen LogP contribution in [0.3, 0.4) is 0 Å². The zero-order valence-corrected chi connectivity index (χ0v) is 12.7. The minimum absolute atomic E-state index is 0.222. The molecule has 0 aromatic rings. The molecule has 3 aliphatic rings. The molecule has 19 heavy (non-hydrogen) atoms. The lowest BCUT2D eigenvalue weighted by Gasteiger charge is -2.52. The molecule has 0 amide bonds. The molecule has 0 heterocycles. The van der Waals surface area contributed by atoms with E-state index in [0.29, 0.717) is 5.92 Å². The van der Waals surface area contributed by atoms with Gasteiger partial charge in [0.1, 0.15) is 17.7 Å². The SMILES string of the molecule is C[C@]12CCC3CCC3C1CC(C=C(C#N)C#N)=C2Br. The molecule has 98 valence electrons. The van der Waals surface area contributed by atoms with Gasteiger partial charge in [0, 0.05) is 9.90 Å². The second kappa shape index (κ2) is 4.50. The van der Waals surface area contributed by atoms with Crippen molar-refractivity contribution in [1.29, 1.82) is 10.5 Å². The lowest BCUT2D eigenvalue weighted by molar-refractivity contribution is -0.00970. The summed E-state index contributed by atoms with van der Waals surface area (Å²) in [5, 5.41) is 17.8. The highest BCUT2D eigenvalue weighted by Gasteiger charge is 2.54. The average Bonchev–Trinajstić information content (AvgIpc) is 2.60. The third kappa shape index (κ3) is 1.79. The lowest BCUT2D eigenvalue weighted by atomic mass is 9.53. The number of allylic oxidation sites excluding steroid dienone is 4. The van der Waals surface area contributed by atoms with E-state index in [1.165, 1.54) is 35.7 Å². The molecule has 0 aromatic heterocycles. The Hall–Kier alpha value is -1.06. The van der Waals surface area contributed by atoms with Crippen LogP contribution in [0.4, 0.5) is 0 Å². The fourth-order valence-corrected chi connectivity index (χ4v) is 5.12. The zero-order chi connectivity index (χ0) is 13.6. The van der Waals surface area contributed by atoms with Gasteiger partial charge in [-0.15, -0.1) is 0 Å². The topological polar surface area (TPSA) is 47.6 Å². The molecule has 2 saturated carbocycles. The van der Waals surface area contributed by atoms with Crippen LogP contribution in [-0.4, -0.2) is 0 Å². The lowest BCUT2D eigenvalue weighted by Crippen LogP contribution is -2.44. The molecule has 0 saturated heterocycles. The average molecular weight is 317 g/mol. The summed E-state index contributed by atoms with van der Waals surface area (Å²) in [5.74, 6) is 2.51. The molecule has 0 aliphatic heterocycles. The van der Waals surface area contributed by atoms with Gasteiger partial charge in [-0.3, -0.25) is 0 Å². The first kappa shape index (κ1) is 12.9. The number of nitrogens with zero attached hydrogens (tertiary/aromatic N) is 2. The highest BCUT2D eigenvalue weighted by molar-refractivity contribution is 9.11. The van der Waals surface area contributed by atoms with Crippen LogP contribution in [0.15, 0.2) is 21.7 Å². The van der Waals surface area contributed by atoms with Crippen molar-refractivity contribution < 1.29 is 0 Å². The van der Waals surface area contributed by atoms with E-state index in [4.69, 9.17) is 10.5 Å². The van der Waals surface area contributed by atoms with Crippen molar-refractivity contribution >= 4 is 15.9 Å². The summed E-state index contributed by atoms with van der Waals surface area (Å²) < 4.78 is 1.25. The van der Waals surface area contributed by atoms with Gasteiger partial charge in [0.2, 0.25) is 0 Å². The summed E-state index contributed by atoms with van der Waals surface area (Å²) in [6, 6.07) is 3.94. The fourth-order valence-electron chi connectivity index (χ4n) is 4.35. The number of halogens is 1. The van der Waals surface area contributed by atoms with Gasteiger partial charge >= 0.3 is 0 Å². The van der Waals surface area contributed by atoms with Crippen molar-refractivity contribution in [2.75, 3.05) is 0 Å². The van der Waals surface area contributed by atoms with Gasteiger partial charge in [0.25, 0.3) is 0 Å². The molecule has 3 heteroatoms. The Morgan fingerprint density at radius 1 is 1.32 bits per heavy atom. The van der Waals surface area contributed by atoms with E-state index in [9.17, 15) is 0 Å². The van der Waals surface area contributed by atoms with Crippen LogP contribution >= 0.6 is 15.9 Å². The number of rotatable bonds is 1. The van der Waals surface area contributed by atoms with Gasteiger partial charge in [-0.2, -0.15) is 10.5 Å². The molecule has 3 rings (SSSR count). The normalized spacial score (nSPS) is 39.5. The Morgan fingerprint density at radius 3 is 2.63 bits per heavy atom. The van der Waals surface area contributed by atoms with Crippen LogP contribution in [0.5, 0.6) is 0 Å². The van der Waals surface area contributed by atoms with E-state index < -0.39 is 0 Å². The number of hydrogen-bond donors (Lipinski definition) is 0. The summed E-state index contributed by atoms with van der Waals surface area (Å²) in [5.41, 5.74) is 1.64. The second-order valence-electron chi connectivity index (χ2n) is 6.39. The maximum absolute atomic E-state index is 8.92. The van der Waals surface area contributed by atoms with Gasteiger partial charge in [-0.05, 0) is 61.5 Å². The van der Waals surface area contributed by atoms with Crippen LogP contribution < -0.4 is 0 Å². The summed E-state index contributed by atoms with van der Waals surface area (Å²) in [7, 11) is 0. The van der Waals surface area contributed by atoms with Gasteiger partial charge in [0.15, 0.2) is 0 Å². The molecule has 3 aliphatic carbocycles. The Bertz CT molecular complexity index is 544. The Balaban J connectivity index is 1.94.